The first kappa shape index (κ1) is 16.1. The van der Waals surface area contributed by atoms with Gasteiger partial charge in [0.2, 0.25) is 5.91 Å². The summed E-state index contributed by atoms with van der Waals surface area (Å²) in [6.45, 7) is 0.638. The van der Waals surface area contributed by atoms with Crippen LogP contribution in [0.25, 0.3) is 0 Å². The van der Waals surface area contributed by atoms with Crippen molar-refractivity contribution in [3.8, 4) is 5.75 Å². The van der Waals surface area contributed by atoms with Crippen molar-refractivity contribution in [1.82, 2.24) is 5.32 Å². The van der Waals surface area contributed by atoms with Crippen LogP contribution in [0.3, 0.4) is 0 Å². The van der Waals surface area contributed by atoms with Crippen LogP contribution in [0.15, 0.2) is 24.3 Å². The second-order valence-corrected chi connectivity index (χ2v) is 5.92. The lowest BCUT2D eigenvalue weighted by atomic mass is 9.81. The molecule has 0 radical (unpaired) electrons. The lowest BCUT2D eigenvalue weighted by Crippen LogP contribution is -2.55. The van der Waals surface area contributed by atoms with Gasteiger partial charge in [-0.2, -0.15) is 0 Å². The highest BCUT2D eigenvalue weighted by Gasteiger charge is 2.37. The highest BCUT2D eigenvalue weighted by atomic mass is 35.5. The maximum atomic E-state index is 12.5. The summed E-state index contributed by atoms with van der Waals surface area (Å²) in [5, 5.41) is 3.14. The number of halogens is 1. The van der Waals surface area contributed by atoms with Gasteiger partial charge in [0.15, 0.2) is 0 Å². The maximum absolute atomic E-state index is 12.5. The van der Waals surface area contributed by atoms with Gasteiger partial charge in [-0.1, -0.05) is 37.5 Å². The molecule has 3 N–H and O–H groups in total. The molecule has 1 aromatic carbocycles. The van der Waals surface area contributed by atoms with Crippen LogP contribution in [-0.4, -0.2) is 18.1 Å². The summed E-state index contributed by atoms with van der Waals surface area (Å²) in [6, 6.07) is 7.92. The van der Waals surface area contributed by atoms with Crippen molar-refractivity contribution in [2.45, 2.75) is 50.1 Å². The van der Waals surface area contributed by atoms with Crippen molar-refractivity contribution in [1.29, 1.82) is 0 Å². The van der Waals surface area contributed by atoms with E-state index >= 15 is 0 Å². The second-order valence-electron chi connectivity index (χ2n) is 5.92. The van der Waals surface area contributed by atoms with E-state index < -0.39 is 5.54 Å². The van der Waals surface area contributed by atoms with E-state index in [0.717, 1.165) is 43.4 Å². The van der Waals surface area contributed by atoms with Crippen molar-refractivity contribution in [2.75, 3.05) is 6.61 Å². The maximum Gasteiger partial charge on any atom is 0.240 e. The van der Waals surface area contributed by atoms with Gasteiger partial charge < -0.3 is 15.8 Å². The average Bonchev–Trinajstić information content (AvgIpc) is 2.48. The molecule has 1 saturated carbocycles. The number of fused-ring (bicyclic) bond motifs is 1. The zero-order valence-corrected chi connectivity index (χ0v) is 13.0. The number of rotatable bonds is 2. The molecule has 116 valence electrons. The average molecular weight is 311 g/mol. The number of benzene rings is 1. The standard InChI is InChI=1S/C16H22N2O2.ClH/c17-16(9-4-1-5-10-16)15(19)18-13-8-11-20-14-7-3-2-6-12(13)14;/h2-3,6-7,13H,1,4-5,8-11,17H2,(H,18,19);1H. The Bertz CT molecular complexity index is 501. The molecular weight excluding hydrogens is 288 g/mol. The summed E-state index contributed by atoms with van der Waals surface area (Å²) in [5.74, 6) is 0.873. The molecule has 1 atom stereocenters. The molecule has 1 amide bonds. The predicted octanol–water partition coefficient (Wildman–Crippen LogP) is 2.71. The smallest absolute Gasteiger partial charge is 0.240 e. The molecule has 3 rings (SSSR count). The molecule has 5 heteroatoms. The molecule has 1 aliphatic heterocycles. The van der Waals surface area contributed by atoms with Crippen molar-refractivity contribution >= 4 is 18.3 Å². The van der Waals surface area contributed by atoms with Crippen molar-refractivity contribution in [2.24, 2.45) is 5.73 Å². The third-order valence-corrected chi connectivity index (χ3v) is 4.46. The van der Waals surface area contributed by atoms with Gasteiger partial charge >= 0.3 is 0 Å². The number of nitrogens with one attached hydrogen (secondary N) is 1. The Hall–Kier alpha value is -1.26. The Morgan fingerprint density at radius 3 is 2.71 bits per heavy atom. The van der Waals surface area contributed by atoms with Crippen LogP contribution < -0.4 is 15.8 Å². The van der Waals surface area contributed by atoms with Crippen LogP contribution in [0.5, 0.6) is 5.75 Å². The number of carbonyl (C=O) groups excluding carboxylic acids is 1. The van der Waals surface area contributed by atoms with Gasteiger partial charge in [0.05, 0.1) is 18.2 Å². The van der Waals surface area contributed by atoms with E-state index in [2.05, 4.69) is 5.32 Å². The molecule has 0 spiro atoms. The second kappa shape index (κ2) is 6.67. The molecule has 1 heterocycles. The van der Waals surface area contributed by atoms with Gasteiger partial charge in [-0.05, 0) is 18.9 Å². The summed E-state index contributed by atoms with van der Waals surface area (Å²) in [7, 11) is 0. The van der Waals surface area contributed by atoms with Crippen LogP contribution in [0.1, 0.15) is 50.1 Å². The zero-order chi connectivity index (χ0) is 14.0. The van der Waals surface area contributed by atoms with Gasteiger partial charge in [0, 0.05) is 12.0 Å². The summed E-state index contributed by atoms with van der Waals surface area (Å²) >= 11 is 0. The minimum atomic E-state index is -0.675. The third-order valence-electron chi connectivity index (χ3n) is 4.46. The Balaban J connectivity index is 0.00000161. The van der Waals surface area contributed by atoms with Gasteiger partial charge in [-0.15, -0.1) is 12.4 Å². The lowest BCUT2D eigenvalue weighted by Gasteiger charge is -2.35. The molecule has 0 saturated heterocycles. The Labute approximate surface area is 131 Å². The largest absolute Gasteiger partial charge is 0.493 e. The molecule has 4 nitrogen and oxygen atoms in total. The summed E-state index contributed by atoms with van der Waals surface area (Å²) < 4.78 is 5.62. The normalized spacial score (nSPS) is 23.2. The zero-order valence-electron chi connectivity index (χ0n) is 12.1. The number of para-hydroxylation sites is 1. The molecule has 0 aromatic heterocycles. The summed E-state index contributed by atoms with van der Waals surface area (Å²) in [4.78, 5) is 12.5. The predicted molar refractivity (Wildman–Crippen MR) is 84.7 cm³/mol. The first-order valence-electron chi connectivity index (χ1n) is 7.51. The molecule has 1 fully saturated rings. The highest BCUT2D eigenvalue weighted by Crippen LogP contribution is 2.33. The molecule has 1 aromatic rings. The molecule has 1 unspecified atom stereocenters. The van der Waals surface area contributed by atoms with Crippen molar-refractivity contribution in [3.05, 3.63) is 29.8 Å². The number of hydrogen-bond acceptors (Lipinski definition) is 3. The van der Waals surface area contributed by atoms with Gasteiger partial charge in [0.1, 0.15) is 5.75 Å². The van der Waals surface area contributed by atoms with E-state index in [-0.39, 0.29) is 24.4 Å². The van der Waals surface area contributed by atoms with Crippen molar-refractivity contribution < 1.29 is 9.53 Å². The number of amides is 1. The van der Waals surface area contributed by atoms with E-state index in [1.54, 1.807) is 0 Å². The van der Waals surface area contributed by atoms with Crippen molar-refractivity contribution in [3.63, 3.8) is 0 Å². The van der Waals surface area contributed by atoms with E-state index in [0.29, 0.717) is 6.61 Å². The number of ether oxygens (including phenoxy) is 1. The minimum Gasteiger partial charge on any atom is -0.493 e. The SMILES string of the molecule is Cl.NC1(C(=O)NC2CCOc3ccccc32)CCCCC1. The van der Waals surface area contributed by atoms with Crippen LogP contribution >= 0.6 is 12.4 Å². The van der Waals surface area contributed by atoms with Crippen LogP contribution in [0.2, 0.25) is 0 Å². The van der Waals surface area contributed by atoms with E-state index in [1.807, 2.05) is 24.3 Å². The van der Waals surface area contributed by atoms with E-state index in [4.69, 9.17) is 10.5 Å². The number of hydrogen-bond donors (Lipinski definition) is 2. The fourth-order valence-corrected chi connectivity index (χ4v) is 3.20. The van der Waals surface area contributed by atoms with Crippen LogP contribution in [0.4, 0.5) is 0 Å². The summed E-state index contributed by atoms with van der Waals surface area (Å²) in [6.07, 6.45) is 5.68. The molecule has 21 heavy (non-hydrogen) atoms. The Kier molecular flexibility index (Phi) is 5.12. The van der Waals surface area contributed by atoms with Gasteiger partial charge in [-0.25, -0.2) is 0 Å². The monoisotopic (exact) mass is 310 g/mol. The topological polar surface area (TPSA) is 64.4 Å². The third kappa shape index (κ3) is 3.33. The molecule has 2 aliphatic rings. The fourth-order valence-electron chi connectivity index (χ4n) is 3.20. The fraction of sp³-hybridized carbons (Fsp3) is 0.562. The van der Waals surface area contributed by atoms with Crippen LogP contribution in [-0.2, 0) is 4.79 Å². The van der Waals surface area contributed by atoms with E-state index in [9.17, 15) is 4.79 Å². The first-order valence-corrected chi connectivity index (χ1v) is 7.51. The first-order chi connectivity index (χ1) is 9.69. The minimum absolute atomic E-state index is 0. The van der Waals surface area contributed by atoms with E-state index in [1.165, 1.54) is 6.42 Å². The Morgan fingerprint density at radius 2 is 1.95 bits per heavy atom. The summed E-state index contributed by atoms with van der Waals surface area (Å²) in [5.41, 5.74) is 6.68. The molecular formula is C16H23ClN2O2. The molecule has 1 aliphatic carbocycles. The quantitative estimate of drug-likeness (QED) is 0.882. The van der Waals surface area contributed by atoms with Gasteiger partial charge in [0.25, 0.3) is 0 Å². The number of nitrogens with two attached hydrogens (primary N) is 1. The Morgan fingerprint density at radius 1 is 1.24 bits per heavy atom. The highest BCUT2D eigenvalue weighted by molar-refractivity contribution is 5.86. The number of carbonyl (C=O) groups is 1. The molecule has 0 bridgehead atoms. The van der Waals surface area contributed by atoms with Gasteiger partial charge in [-0.3, -0.25) is 4.79 Å². The van der Waals surface area contributed by atoms with Crippen LogP contribution in [0, 0.1) is 0 Å². The lowest BCUT2D eigenvalue weighted by molar-refractivity contribution is -0.128.